The van der Waals surface area contributed by atoms with Gasteiger partial charge in [0.2, 0.25) is 0 Å². The molecule has 3 nitrogen and oxygen atoms in total. The van der Waals surface area contributed by atoms with Crippen LogP contribution in [-0.2, 0) is 11.2 Å². The van der Waals surface area contributed by atoms with E-state index < -0.39 is 11.9 Å². The van der Waals surface area contributed by atoms with Gasteiger partial charge in [0.25, 0.3) is 0 Å². The van der Waals surface area contributed by atoms with Crippen molar-refractivity contribution in [3.63, 3.8) is 0 Å². The summed E-state index contributed by atoms with van der Waals surface area (Å²) in [5, 5.41) is 8.96. The average molecular weight is 431 g/mol. The van der Waals surface area contributed by atoms with Crippen LogP contribution >= 0.6 is 0 Å². The molecule has 0 bridgehead atoms. The van der Waals surface area contributed by atoms with Gasteiger partial charge in [-0.15, -0.1) is 0 Å². The summed E-state index contributed by atoms with van der Waals surface area (Å²) in [7, 11) is 0. The van der Waals surface area contributed by atoms with E-state index in [1.165, 1.54) is 115 Å². The molecule has 0 aliphatic rings. The first-order valence-electron chi connectivity index (χ1n) is 12.9. The molecule has 1 N–H and O–H groups in total. The predicted octanol–water partition coefficient (Wildman–Crippen LogP) is 8.39. The van der Waals surface area contributed by atoms with Crippen molar-refractivity contribution in [3.8, 4) is 0 Å². The van der Waals surface area contributed by atoms with Gasteiger partial charge in [-0.05, 0) is 25.3 Å². The third-order valence-electron chi connectivity index (χ3n) is 6.32. The Morgan fingerprint density at radius 3 is 1.45 bits per heavy atom. The molecule has 1 atom stereocenters. The van der Waals surface area contributed by atoms with Crippen molar-refractivity contribution in [2.75, 3.05) is 0 Å². The number of unbranched alkanes of at least 4 members (excludes halogenated alkanes) is 15. The van der Waals surface area contributed by atoms with Gasteiger partial charge in [0, 0.05) is 5.56 Å². The van der Waals surface area contributed by atoms with Gasteiger partial charge in [-0.2, -0.15) is 0 Å². The number of aryl methyl sites for hydroxylation is 1. The van der Waals surface area contributed by atoms with E-state index in [9.17, 15) is 9.59 Å². The van der Waals surface area contributed by atoms with E-state index >= 15 is 0 Å². The number of carbonyl (C=O) groups is 2. The van der Waals surface area contributed by atoms with Crippen LogP contribution in [0, 0.1) is 5.92 Å². The van der Waals surface area contributed by atoms with Crippen LogP contribution in [-0.4, -0.2) is 16.9 Å². The van der Waals surface area contributed by atoms with Crippen LogP contribution in [0.3, 0.4) is 0 Å². The zero-order valence-electron chi connectivity index (χ0n) is 20.2. The second-order valence-corrected chi connectivity index (χ2v) is 9.17. The van der Waals surface area contributed by atoms with Gasteiger partial charge in [-0.3, -0.25) is 9.59 Å². The first kappa shape index (κ1) is 27.4. The Balaban J connectivity index is 1.94. The van der Waals surface area contributed by atoms with Crippen LogP contribution in [0.2, 0.25) is 0 Å². The molecule has 176 valence electrons. The minimum atomic E-state index is -1.07. The van der Waals surface area contributed by atoms with Gasteiger partial charge < -0.3 is 5.11 Å². The van der Waals surface area contributed by atoms with Crippen LogP contribution < -0.4 is 0 Å². The molecule has 0 saturated carbocycles. The Bertz CT molecular complexity index is 591. The van der Waals surface area contributed by atoms with E-state index in [4.69, 9.17) is 5.11 Å². The van der Waals surface area contributed by atoms with Crippen molar-refractivity contribution < 1.29 is 14.7 Å². The van der Waals surface area contributed by atoms with Gasteiger partial charge in [-0.1, -0.05) is 128 Å². The highest BCUT2D eigenvalue weighted by Gasteiger charge is 2.21. The van der Waals surface area contributed by atoms with Gasteiger partial charge >= 0.3 is 5.97 Å². The molecule has 1 aromatic carbocycles. The summed E-state index contributed by atoms with van der Waals surface area (Å²) in [6.07, 6.45) is 23.0. The predicted molar refractivity (Wildman–Crippen MR) is 131 cm³/mol. The lowest BCUT2D eigenvalue weighted by Crippen LogP contribution is -2.20. The largest absolute Gasteiger partial charge is 0.481 e. The molecular formula is C28H46O3. The highest BCUT2D eigenvalue weighted by atomic mass is 16.4. The molecule has 1 unspecified atom stereocenters. The Hall–Kier alpha value is -1.64. The monoisotopic (exact) mass is 430 g/mol. The highest BCUT2D eigenvalue weighted by molar-refractivity contribution is 6.07. The Morgan fingerprint density at radius 2 is 1.06 bits per heavy atom. The number of Topliss-reactive ketones (excluding diaryl/α,β-unsaturated/α-hetero) is 1. The minimum absolute atomic E-state index is 0.318. The maximum Gasteiger partial charge on any atom is 0.314 e. The lowest BCUT2D eigenvalue weighted by molar-refractivity contribution is -0.139. The fourth-order valence-electron chi connectivity index (χ4n) is 4.08. The first-order chi connectivity index (χ1) is 15.1. The lowest BCUT2D eigenvalue weighted by Gasteiger charge is -2.07. The zero-order chi connectivity index (χ0) is 22.7. The van der Waals surface area contributed by atoms with Gasteiger partial charge in [0.15, 0.2) is 5.78 Å². The Kier molecular flexibility index (Phi) is 15.9. The molecule has 0 radical (unpaired) electrons. The fourth-order valence-corrected chi connectivity index (χ4v) is 4.08. The van der Waals surface area contributed by atoms with Crippen LogP contribution in [0.5, 0.6) is 0 Å². The Morgan fingerprint density at radius 1 is 0.677 bits per heavy atom. The number of aliphatic carboxylic acids is 1. The maximum absolute atomic E-state index is 12.0. The fraction of sp³-hybridized carbons (Fsp3) is 0.714. The molecule has 1 aromatic rings. The number of rotatable bonds is 20. The van der Waals surface area contributed by atoms with Crippen LogP contribution in [0.15, 0.2) is 24.3 Å². The molecule has 0 aliphatic heterocycles. The second-order valence-electron chi connectivity index (χ2n) is 9.17. The number of carboxylic acids is 1. The molecule has 0 amide bonds. The van der Waals surface area contributed by atoms with Crippen molar-refractivity contribution >= 4 is 11.8 Å². The summed E-state index contributed by atoms with van der Waals surface area (Å²) >= 11 is 0. The van der Waals surface area contributed by atoms with Gasteiger partial charge in [0.05, 0.1) is 0 Å². The molecule has 0 saturated heterocycles. The van der Waals surface area contributed by atoms with Crippen LogP contribution in [0.4, 0.5) is 0 Å². The Labute approximate surface area is 191 Å². The number of benzene rings is 1. The normalized spacial score (nSPS) is 12.1. The standard InChI is InChI=1S/C28H46O3/c1-3-4-5-6-7-8-9-10-11-12-13-14-15-16-17-18-19-25-20-22-26(23-21-25)27(29)24(2)28(30)31/h20-24H,3-19H2,1-2H3,(H,30,31). The van der Waals surface area contributed by atoms with E-state index in [-0.39, 0.29) is 5.78 Å². The zero-order valence-corrected chi connectivity index (χ0v) is 20.2. The van der Waals surface area contributed by atoms with E-state index in [1.807, 2.05) is 12.1 Å². The van der Waals surface area contributed by atoms with E-state index in [1.54, 1.807) is 12.1 Å². The molecule has 0 aromatic heterocycles. The molecule has 3 heteroatoms. The van der Waals surface area contributed by atoms with E-state index in [0.29, 0.717) is 5.56 Å². The summed E-state index contributed by atoms with van der Waals surface area (Å²) in [6, 6.07) is 7.47. The highest BCUT2D eigenvalue weighted by Crippen LogP contribution is 2.16. The quantitative estimate of drug-likeness (QED) is 0.128. The van der Waals surface area contributed by atoms with Crippen molar-refractivity contribution in [2.24, 2.45) is 5.92 Å². The minimum Gasteiger partial charge on any atom is -0.481 e. The van der Waals surface area contributed by atoms with Crippen molar-refractivity contribution in [1.29, 1.82) is 0 Å². The summed E-state index contributed by atoms with van der Waals surface area (Å²) in [5.74, 6) is -2.37. The summed E-state index contributed by atoms with van der Waals surface area (Å²) in [5.41, 5.74) is 1.72. The lowest BCUT2D eigenvalue weighted by atomic mass is 9.97. The smallest absolute Gasteiger partial charge is 0.314 e. The summed E-state index contributed by atoms with van der Waals surface area (Å²) < 4.78 is 0. The number of carbonyl (C=O) groups excluding carboxylic acids is 1. The number of hydrogen-bond donors (Lipinski definition) is 1. The van der Waals surface area contributed by atoms with Crippen LogP contribution in [0.1, 0.15) is 133 Å². The summed E-state index contributed by atoms with van der Waals surface area (Å²) in [4.78, 5) is 23.0. The molecule has 1 rings (SSSR count). The van der Waals surface area contributed by atoms with E-state index in [2.05, 4.69) is 6.92 Å². The van der Waals surface area contributed by atoms with E-state index in [0.717, 1.165) is 6.42 Å². The second kappa shape index (κ2) is 18.0. The molecule has 31 heavy (non-hydrogen) atoms. The first-order valence-corrected chi connectivity index (χ1v) is 12.9. The maximum atomic E-state index is 12.0. The topological polar surface area (TPSA) is 54.4 Å². The third kappa shape index (κ3) is 13.4. The molecular weight excluding hydrogens is 384 g/mol. The third-order valence-corrected chi connectivity index (χ3v) is 6.32. The number of carboxylic acid groups (broad SMARTS) is 1. The number of hydrogen-bond acceptors (Lipinski definition) is 2. The molecule has 0 spiro atoms. The van der Waals surface area contributed by atoms with Gasteiger partial charge in [0.1, 0.15) is 5.92 Å². The van der Waals surface area contributed by atoms with Crippen molar-refractivity contribution in [3.05, 3.63) is 35.4 Å². The molecule has 0 aliphatic carbocycles. The van der Waals surface area contributed by atoms with Crippen molar-refractivity contribution in [1.82, 2.24) is 0 Å². The van der Waals surface area contributed by atoms with Gasteiger partial charge in [-0.25, -0.2) is 0 Å². The van der Waals surface area contributed by atoms with Crippen molar-refractivity contribution in [2.45, 2.75) is 123 Å². The average Bonchev–Trinajstić information content (AvgIpc) is 2.78. The summed E-state index contributed by atoms with van der Waals surface area (Å²) in [6.45, 7) is 3.72. The SMILES string of the molecule is CCCCCCCCCCCCCCCCCCc1ccc(C(=O)C(C)C(=O)O)cc1. The van der Waals surface area contributed by atoms with Crippen LogP contribution in [0.25, 0.3) is 0 Å². The molecule has 0 fully saturated rings. The molecule has 0 heterocycles. The number of ketones is 1.